The average molecular weight is 397 g/mol. The lowest BCUT2D eigenvalue weighted by Crippen LogP contribution is -2.00. The van der Waals surface area contributed by atoms with Gasteiger partial charge in [0.25, 0.3) is 0 Å². The normalized spacial score (nSPS) is 14.3. The molecule has 0 aliphatic carbocycles. The molecule has 0 bridgehead atoms. The summed E-state index contributed by atoms with van der Waals surface area (Å²) in [4.78, 5) is 13.8. The van der Waals surface area contributed by atoms with E-state index < -0.39 is 0 Å². The van der Waals surface area contributed by atoms with E-state index in [2.05, 4.69) is 0 Å². The zero-order valence-electron chi connectivity index (χ0n) is 14.9. The summed E-state index contributed by atoms with van der Waals surface area (Å²) in [6, 6.07) is 13.2. The first kappa shape index (κ1) is 17.8. The third-order valence-corrected chi connectivity index (χ3v) is 5.79. The van der Waals surface area contributed by atoms with E-state index in [1.165, 1.54) is 0 Å². The minimum absolute atomic E-state index is 0.0899. The summed E-state index contributed by atoms with van der Waals surface area (Å²) < 4.78 is 11.7. The summed E-state index contributed by atoms with van der Waals surface area (Å²) in [5.74, 6) is 1.44. The van der Waals surface area contributed by atoms with Crippen molar-refractivity contribution in [2.75, 3.05) is 0 Å². The van der Waals surface area contributed by atoms with E-state index in [0.717, 1.165) is 21.6 Å². The third-order valence-electron chi connectivity index (χ3n) is 4.46. The molecule has 0 radical (unpaired) electrons. The van der Waals surface area contributed by atoms with E-state index in [1.807, 2.05) is 61.7 Å². The zero-order chi connectivity index (χ0) is 19.0. The Kier molecular flexibility index (Phi) is 4.77. The van der Waals surface area contributed by atoms with Crippen molar-refractivity contribution in [1.82, 2.24) is 0 Å². The van der Waals surface area contributed by atoms with Crippen LogP contribution in [0.1, 0.15) is 31.9 Å². The van der Waals surface area contributed by atoms with Crippen LogP contribution in [0, 0.1) is 13.8 Å². The number of benzene rings is 2. The summed E-state index contributed by atoms with van der Waals surface area (Å²) in [5.41, 5.74) is 3.46. The van der Waals surface area contributed by atoms with Crippen LogP contribution < -0.4 is 9.47 Å². The van der Waals surface area contributed by atoms with Gasteiger partial charge in [-0.25, -0.2) is 0 Å². The highest BCUT2D eigenvalue weighted by Crippen LogP contribution is 2.38. The van der Waals surface area contributed by atoms with Crippen molar-refractivity contribution in [1.29, 1.82) is 0 Å². The highest BCUT2D eigenvalue weighted by Gasteiger charge is 2.30. The van der Waals surface area contributed by atoms with Crippen molar-refractivity contribution in [2.24, 2.45) is 0 Å². The van der Waals surface area contributed by atoms with E-state index >= 15 is 0 Å². The number of carbonyl (C=O) groups is 1. The van der Waals surface area contributed by atoms with Gasteiger partial charge in [0.2, 0.25) is 5.78 Å². The van der Waals surface area contributed by atoms with Gasteiger partial charge >= 0.3 is 0 Å². The smallest absolute Gasteiger partial charge is 0.232 e. The fourth-order valence-corrected chi connectivity index (χ4v) is 4.03. The standard InChI is InChI=1S/C22H17ClO3S/c1-13-7-8-27-20(13)11-19-22(24)21-14(2)9-16(10-18(21)26-19)25-12-15-5-3-4-6-17(15)23/h3-11H,12H2,1-2H3/b19-11-. The van der Waals surface area contributed by atoms with Crippen molar-refractivity contribution < 1.29 is 14.3 Å². The minimum Gasteiger partial charge on any atom is -0.489 e. The molecule has 0 fully saturated rings. The maximum Gasteiger partial charge on any atom is 0.232 e. The van der Waals surface area contributed by atoms with Crippen LogP contribution in [0.3, 0.4) is 0 Å². The van der Waals surface area contributed by atoms with Gasteiger partial charge in [-0.3, -0.25) is 4.79 Å². The molecule has 136 valence electrons. The number of fused-ring (bicyclic) bond motifs is 1. The van der Waals surface area contributed by atoms with E-state index in [-0.39, 0.29) is 5.78 Å². The summed E-state index contributed by atoms with van der Waals surface area (Å²) in [5, 5.41) is 2.67. The predicted octanol–water partition coefficient (Wildman–Crippen LogP) is 6.21. The fraction of sp³-hybridized carbons (Fsp3) is 0.136. The van der Waals surface area contributed by atoms with Crippen molar-refractivity contribution in [2.45, 2.75) is 20.5 Å². The molecule has 4 rings (SSSR count). The summed E-state index contributed by atoms with van der Waals surface area (Å²) in [7, 11) is 0. The van der Waals surface area contributed by atoms with E-state index in [1.54, 1.807) is 17.4 Å². The Morgan fingerprint density at radius 1 is 1.15 bits per heavy atom. The largest absolute Gasteiger partial charge is 0.489 e. The first-order valence-corrected chi connectivity index (χ1v) is 9.78. The van der Waals surface area contributed by atoms with Crippen LogP contribution in [-0.2, 0) is 6.61 Å². The lowest BCUT2D eigenvalue weighted by Gasteiger charge is -2.10. The molecule has 0 atom stereocenters. The number of thiophene rings is 1. The Balaban J connectivity index is 1.59. The molecule has 5 heteroatoms. The molecule has 2 heterocycles. The molecule has 0 saturated heterocycles. The summed E-state index contributed by atoms with van der Waals surface area (Å²) in [6.07, 6.45) is 1.81. The second-order valence-electron chi connectivity index (χ2n) is 6.40. The van der Waals surface area contributed by atoms with E-state index in [4.69, 9.17) is 21.1 Å². The molecule has 1 aromatic heterocycles. The maximum absolute atomic E-state index is 12.7. The number of hydrogen-bond donors (Lipinski definition) is 0. The lowest BCUT2D eigenvalue weighted by atomic mass is 10.0. The molecule has 3 aromatic rings. The lowest BCUT2D eigenvalue weighted by molar-refractivity contribution is 0.101. The molecule has 1 aliphatic rings. The predicted molar refractivity (Wildman–Crippen MR) is 109 cm³/mol. The second kappa shape index (κ2) is 7.22. The van der Waals surface area contributed by atoms with Gasteiger partial charge in [0.15, 0.2) is 5.76 Å². The topological polar surface area (TPSA) is 35.5 Å². The van der Waals surface area contributed by atoms with Crippen LogP contribution in [0.4, 0.5) is 0 Å². The number of aryl methyl sites for hydroxylation is 2. The molecule has 3 nitrogen and oxygen atoms in total. The van der Waals surface area contributed by atoms with Gasteiger partial charge in [-0.15, -0.1) is 11.3 Å². The Morgan fingerprint density at radius 2 is 1.96 bits per heavy atom. The molecule has 0 N–H and O–H groups in total. The number of ether oxygens (including phenoxy) is 2. The number of rotatable bonds is 4. The zero-order valence-corrected chi connectivity index (χ0v) is 16.5. The number of ketones is 1. The van der Waals surface area contributed by atoms with Gasteiger partial charge in [0.05, 0.1) is 5.56 Å². The Labute approximate surface area is 166 Å². The molecule has 0 saturated carbocycles. The molecule has 27 heavy (non-hydrogen) atoms. The van der Waals surface area contributed by atoms with E-state index in [9.17, 15) is 4.79 Å². The Bertz CT molecular complexity index is 1070. The number of hydrogen-bond acceptors (Lipinski definition) is 4. The quantitative estimate of drug-likeness (QED) is 0.491. The highest BCUT2D eigenvalue weighted by atomic mass is 35.5. The van der Waals surface area contributed by atoms with Crippen molar-refractivity contribution >= 4 is 34.8 Å². The second-order valence-corrected chi connectivity index (χ2v) is 7.76. The average Bonchev–Trinajstić information content (AvgIpc) is 3.18. The summed E-state index contributed by atoms with van der Waals surface area (Å²) in [6.45, 7) is 4.26. The number of halogens is 1. The van der Waals surface area contributed by atoms with Crippen LogP contribution in [0.2, 0.25) is 5.02 Å². The summed E-state index contributed by atoms with van der Waals surface area (Å²) >= 11 is 7.76. The highest BCUT2D eigenvalue weighted by molar-refractivity contribution is 7.11. The van der Waals surface area contributed by atoms with Crippen molar-refractivity contribution in [3.05, 3.63) is 85.8 Å². The van der Waals surface area contributed by atoms with Crippen LogP contribution in [0.25, 0.3) is 6.08 Å². The minimum atomic E-state index is -0.0899. The van der Waals surface area contributed by atoms with Gasteiger partial charge in [-0.2, -0.15) is 0 Å². The number of allylic oxidation sites excluding steroid dienone is 1. The maximum atomic E-state index is 12.7. The SMILES string of the molecule is Cc1ccsc1/C=C1\Oc2cc(OCc3ccccc3Cl)cc(C)c2C1=O. The van der Waals surface area contributed by atoms with Gasteiger partial charge in [0.1, 0.15) is 18.1 Å². The monoisotopic (exact) mass is 396 g/mol. The molecule has 0 unspecified atom stereocenters. The van der Waals surface area contributed by atoms with Crippen LogP contribution in [0.5, 0.6) is 11.5 Å². The van der Waals surface area contributed by atoms with Crippen LogP contribution >= 0.6 is 22.9 Å². The molecule has 1 aliphatic heterocycles. The number of Topliss-reactive ketones (excluding diaryl/α,β-unsaturated/α-hetero) is 1. The Hall–Kier alpha value is -2.56. The Morgan fingerprint density at radius 3 is 2.70 bits per heavy atom. The van der Waals surface area contributed by atoms with E-state index in [0.29, 0.717) is 34.5 Å². The van der Waals surface area contributed by atoms with Crippen molar-refractivity contribution in [3.8, 4) is 11.5 Å². The molecular weight excluding hydrogens is 380 g/mol. The van der Waals surface area contributed by atoms with Crippen molar-refractivity contribution in [3.63, 3.8) is 0 Å². The number of carbonyl (C=O) groups excluding carboxylic acids is 1. The van der Waals surface area contributed by atoms with Gasteiger partial charge in [-0.05, 0) is 48.6 Å². The van der Waals surface area contributed by atoms with Gasteiger partial charge in [-0.1, -0.05) is 29.8 Å². The fourth-order valence-electron chi connectivity index (χ4n) is 2.99. The molecule has 2 aromatic carbocycles. The van der Waals surface area contributed by atoms with Gasteiger partial charge in [0, 0.05) is 27.6 Å². The first-order chi connectivity index (χ1) is 13.0. The van der Waals surface area contributed by atoms with Gasteiger partial charge < -0.3 is 9.47 Å². The molecule has 0 spiro atoms. The first-order valence-electron chi connectivity index (χ1n) is 8.52. The van der Waals surface area contributed by atoms with Crippen LogP contribution in [0.15, 0.2) is 53.6 Å². The molecule has 0 amide bonds. The molecular formula is C22H17ClO3S. The third kappa shape index (κ3) is 3.51. The van der Waals surface area contributed by atoms with Crippen LogP contribution in [-0.4, -0.2) is 5.78 Å².